The molecule has 0 saturated carbocycles. The SMILES string of the molecule is CN(Cc1cnc2ccccc2n1)C(=O)NCc1nc(C(C)(C)C)cs1. The van der Waals surface area contributed by atoms with E-state index in [0.717, 1.165) is 27.4 Å². The van der Waals surface area contributed by atoms with E-state index in [0.29, 0.717) is 13.1 Å². The molecule has 0 aliphatic heterocycles. The second kappa shape index (κ2) is 7.37. The number of amides is 2. The molecule has 2 aromatic heterocycles. The highest BCUT2D eigenvalue weighted by Gasteiger charge is 2.18. The standard InChI is InChI=1S/C19H23N5OS/c1-19(2,3)16-12-26-17(23-16)10-21-18(25)24(4)11-13-9-20-14-7-5-6-8-15(14)22-13/h5-9,12H,10-11H2,1-4H3,(H,21,25). The summed E-state index contributed by atoms with van der Waals surface area (Å²) in [5.74, 6) is 0. The number of hydrogen-bond acceptors (Lipinski definition) is 5. The van der Waals surface area contributed by atoms with E-state index in [-0.39, 0.29) is 11.4 Å². The lowest BCUT2D eigenvalue weighted by atomic mass is 9.93. The molecule has 0 atom stereocenters. The Labute approximate surface area is 157 Å². The first-order chi connectivity index (χ1) is 12.3. The molecule has 3 rings (SSSR count). The second-order valence-electron chi connectivity index (χ2n) is 7.24. The molecule has 2 amide bonds. The molecule has 0 saturated heterocycles. The summed E-state index contributed by atoms with van der Waals surface area (Å²) in [6, 6.07) is 7.54. The van der Waals surface area contributed by atoms with Crippen molar-refractivity contribution in [3.8, 4) is 0 Å². The van der Waals surface area contributed by atoms with Crippen LogP contribution in [0.15, 0.2) is 35.8 Å². The average Bonchev–Trinajstić information content (AvgIpc) is 3.09. The van der Waals surface area contributed by atoms with Crippen molar-refractivity contribution in [2.45, 2.75) is 39.3 Å². The van der Waals surface area contributed by atoms with E-state index < -0.39 is 0 Å². The number of benzene rings is 1. The minimum Gasteiger partial charge on any atom is -0.331 e. The highest BCUT2D eigenvalue weighted by atomic mass is 32.1. The van der Waals surface area contributed by atoms with Crippen molar-refractivity contribution in [3.63, 3.8) is 0 Å². The number of nitrogens with zero attached hydrogens (tertiary/aromatic N) is 4. The van der Waals surface area contributed by atoms with Crippen LogP contribution in [0.4, 0.5) is 4.79 Å². The van der Waals surface area contributed by atoms with E-state index in [2.05, 4.69) is 46.4 Å². The fourth-order valence-corrected chi connectivity index (χ4v) is 3.37. The molecule has 3 aromatic rings. The van der Waals surface area contributed by atoms with Gasteiger partial charge in [0.15, 0.2) is 0 Å². The predicted octanol–water partition coefficient (Wildman–Crippen LogP) is 3.73. The fraction of sp³-hybridized carbons (Fsp3) is 0.368. The lowest BCUT2D eigenvalue weighted by Crippen LogP contribution is -2.36. The molecule has 7 heteroatoms. The van der Waals surface area contributed by atoms with Gasteiger partial charge >= 0.3 is 6.03 Å². The summed E-state index contributed by atoms with van der Waals surface area (Å²) >= 11 is 1.57. The van der Waals surface area contributed by atoms with Gasteiger partial charge in [0, 0.05) is 17.8 Å². The molecule has 136 valence electrons. The fourth-order valence-electron chi connectivity index (χ4n) is 2.41. The quantitative estimate of drug-likeness (QED) is 0.761. The number of carbonyl (C=O) groups is 1. The molecule has 0 aliphatic carbocycles. The molecule has 26 heavy (non-hydrogen) atoms. The Morgan fingerprint density at radius 3 is 2.62 bits per heavy atom. The number of fused-ring (bicyclic) bond motifs is 1. The van der Waals surface area contributed by atoms with Crippen molar-refractivity contribution in [2.24, 2.45) is 0 Å². The highest BCUT2D eigenvalue weighted by molar-refractivity contribution is 7.09. The van der Waals surface area contributed by atoms with Gasteiger partial charge < -0.3 is 10.2 Å². The van der Waals surface area contributed by atoms with Crippen LogP contribution in [0.25, 0.3) is 11.0 Å². The Bertz CT molecular complexity index is 915. The topological polar surface area (TPSA) is 71.0 Å². The van der Waals surface area contributed by atoms with Crippen LogP contribution in [0.2, 0.25) is 0 Å². The smallest absolute Gasteiger partial charge is 0.317 e. The normalized spacial score (nSPS) is 11.5. The van der Waals surface area contributed by atoms with E-state index in [1.165, 1.54) is 0 Å². The van der Waals surface area contributed by atoms with Crippen LogP contribution in [0.3, 0.4) is 0 Å². The van der Waals surface area contributed by atoms with Gasteiger partial charge in [-0.2, -0.15) is 0 Å². The van der Waals surface area contributed by atoms with Crippen molar-refractivity contribution < 1.29 is 4.79 Å². The monoisotopic (exact) mass is 369 g/mol. The maximum atomic E-state index is 12.3. The molecule has 0 radical (unpaired) electrons. The lowest BCUT2D eigenvalue weighted by Gasteiger charge is -2.17. The van der Waals surface area contributed by atoms with Crippen molar-refractivity contribution in [1.82, 2.24) is 25.2 Å². The van der Waals surface area contributed by atoms with Crippen molar-refractivity contribution in [3.05, 3.63) is 52.2 Å². The summed E-state index contributed by atoms with van der Waals surface area (Å²) in [5.41, 5.74) is 3.50. The zero-order valence-corrected chi connectivity index (χ0v) is 16.3. The summed E-state index contributed by atoms with van der Waals surface area (Å²) in [6.45, 7) is 7.20. The summed E-state index contributed by atoms with van der Waals surface area (Å²) in [4.78, 5) is 27.5. The molecular formula is C19H23N5OS. The van der Waals surface area contributed by atoms with Crippen LogP contribution in [-0.2, 0) is 18.5 Å². The van der Waals surface area contributed by atoms with Gasteiger partial charge in [-0.05, 0) is 12.1 Å². The first kappa shape index (κ1) is 18.3. The summed E-state index contributed by atoms with van der Waals surface area (Å²) in [7, 11) is 1.74. The van der Waals surface area contributed by atoms with Crippen molar-refractivity contribution in [2.75, 3.05) is 7.05 Å². The van der Waals surface area contributed by atoms with Gasteiger partial charge in [-0.3, -0.25) is 4.98 Å². The van der Waals surface area contributed by atoms with Crippen molar-refractivity contribution in [1.29, 1.82) is 0 Å². The van der Waals surface area contributed by atoms with Crippen LogP contribution in [0, 0.1) is 0 Å². The minimum atomic E-state index is -0.160. The van der Waals surface area contributed by atoms with E-state index in [4.69, 9.17) is 0 Å². The molecular weight excluding hydrogens is 346 g/mol. The maximum absolute atomic E-state index is 12.3. The molecule has 1 aromatic carbocycles. The maximum Gasteiger partial charge on any atom is 0.317 e. The summed E-state index contributed by atoms with van der Waals surface area (Å²) in [6.07, 6.45) is 1.71. The zero-order valence-electron chi connectivity index (χ0n) is 15.5. The van der Waals surface area contributed by atoms with Gasteiger partial charge in [-0.25, -0.2) is 14.8 Å². The molecule has 1 N–H and O–H groups in total. The van der Waals surface area contributed by atoms with Gasteiger partial charge in [0.25, 0.3) is 0 Å². The van der Waals surface area contributed by atoms with Gasteiger partial charge in [-0.1, -0.05) is 32.9 Å². The Morgan fingerprint density at radius 2 is 1.92 bits per heavy atom. The van der Waals surface area contributed by atoms with Crippen molar-refractivity contribution >= 4 is 28.4 Å². The van der Waals surface area contributed by atoms with Crippen LogP contribution in [0.1, 0.15) is 37.2 Å². The number of nitrogens with one attached hydrogen (secondary N) is 1. The largest absolute Gasteiger partial charge is 0.331 e. The van der Waals surface area contributed by atoms with Crippen LogP contribution < -0.4 is 5.32 Å². The number of aromatic nitrogens is 3. The third-order valence-electron chi connectivity index (χ3n) is 3.96. The van der Waals surface area contributed by atoms with Crippen LogP contribution in [0.5, 0.6) is 0 Å². The van der Waals surface area contributed by atoms with Gasteiger partial charge in [-0.15, -0.1) is 11.3 Å². The third kappa shape index (κ3) is 4.35. The first-order valence-electron chi connectivity index (χ1n) is 8.47. The lowest BCUT2D eigenvalue weighted by molar-refractivity contribution is 0.206. The number of thiazole rings is 1. The number of urea groups is 1. The van der Waals surface area contributed by atoms with E-state index in [1.807, 2.05) is 24.3 Å². The van der Waals surface area contributed by atoms with E-state index >= 15 is 0 Å². The van der Waals surface area contributed by atoms with Gasteiger partial charge in [0.1, 0.15) is 5.01 Å². The Morgan fingerprint density at radius 1 is 1.19 bits per heavy atom. The number of rotatable bonds is 4. The van der Waals surface area contributed by atoms with Crippen LogP contribution in [-0.4, -0.2) is 32.9 Å². The second-order valence-corrected chi connectivity index (χ2v) is 8.18. The number of hydrogen-bond donors (Lipinski definition) is 1. The van der Waals surface area contributed by atoms with E-state index in [1.54, 1.807) is 29.5 Å². The summed E-state index contributed by atoms with van der Waals surface area (Å²) in [5, 5.41) is 5.86. The van der Waals surface area contributed by atoms with Gasteiger partial charge in [0.2, 0.25) is 0 Å². The van der Waals surface area contributed by atoms with Crippen LogP contribution >= 0.6 is 11.3 Å². The average molecular weight is 369 g/mol. The Kier molecular flexibility index (Phi) is 5.18. The Hall–Kier alpha value is -2.54. The molecule has 0 unspecified atom stereocenters. The first-order valence-corrected chi connectivity index (χ1v) is 9.35. The molecule has 0 fully saturated rings. The van der Waals surface area contributed by atoms with Gasteiger partial charge in [0.05, 0.1) is 41.7 Å². The molecule has 0 bridgehead atoms. The summed E-state index contributed by atoms with van der Waals surface area (Å²) < 4.78 is 0. The number of para-hydroxylation sites is 2. The molecule has 2 heterocycles. The molecule has 0 aliphatic rings. The molecule has 0 spiro atoms. The Balaban J connectivity index is 1.58. The van der Waals surface area contributed by atoms with E-state index in [9.17, 15) is 4.79 Å². The highest BCUT2D eigenvalue weighted by Crippen LogP contribution is 2.23. The zero-order chi connectivity index (χ0) is 18.7. The third-order valence-corrected chi connectivity index (χ3v) is 4.80. The predicted molar refractivity (Wildman–Crippen MR) is 104 cm³/mol. The molecule has 6 nitrogen and oxygen atoms in total. The minimum absolute atomic E-state index is 0.0182. The number of carbonyl (C=O) groups excluding carboxylic acids is 1.